The van der Waals surface area contributed by atoms with Crippen LogP contribution in [-0.2, 0) is 0 Å². The van der Waals surface area contributed by atoms with Crippen molar-refractivity contribution < 1.29 is 9.84 Å². The van der Waals surface area contributed by atoms with Crippen LogP contribution in [-0.4, -0.2) is 62.4 Å². The van der Waals surface area contributed by atoms with Crippen LogP contribution in [0.25, 0.3) is 0 Å². The summed E-state index contributed by atoms with van der Waals surface area (Å²) in [4.78, 5) is 7.37. The molecule has 0 saturated carbocycles. The van der Waals surface area contributed by atoms with Gasteiger partial charge in [-0.25, -0.2) is 0 Å². The molecule has 0 bridgehead atoms. The van der Waals surface area contributed by atoms with E-state index in [1.807, 2.05) is 12.1 Å². The first-order valence-electron chi connectivity index (χ1n) is 11.2. The fourth-order valence-electron chi connectivity index (χ4n) is 4.01. The molecule has 1 aliphatic heterocycles. The van der Waals surface area contributed by atoms with E-state index in [0.717, 1.165) is 63.7 Å². The van der Waals surface area contributed by atoms with Crippen molar-refractivity contribution in [3.63, 3.8) is 0 Å². The van der Waals surface area contributed by atoms with Crippen LogP contribution in [0.15, 0.2) is 29.3 Å². The third-order valence-corrected chi connectivity index (χ3v) is 5.63. The molecule has 0 amide bonds. The SMILES string of the molecule is CCCC(CCO)CN=C(NCC)NCC(c1ccc(OC)cc1)N1CCCC1. The largest absolute Gasteiger partial charge is 0.497 e. The number of likely N-dealkylation sites (tertiary alicyclic amines) is 1. The molecule has 0 aliphatic carbocycles. The maximum Gasteiger partial charge on any atom is 0.191 e. The molecule has 2 rings (SSSR count). The van der Waals surface area contributed by atoms with Crippen molar-refractivity contribution in [1.29, 1.82) is 0 Å². The molecule has 2 atom stereocenters. The summed E-state index contributed by atoms with van der Waals surface area (Å²) in [6, 6.07) is 8.75. The standard InChI is InChI=1S/C23H40N4O2/c1-4-8-19(13-16-28)17-25-23(24-5-2)26-18-22(27-14-6-7-15-27)20-9-11-21(29-3)12-10-20/h9-12,19,22,28H,4-8,13-18H2,1-3H3,(H2,24,25,26). The number of nitrogens with zero attached hydrogens (tertiary/aromatic N) is 2. The zero-order chi connectivity index (χ0) is 20.9. The van der Waals surface area contributed by atoms with Crippen LogP contribution in [0.5, 0.6) is 5.75 Å². The second kappa shape index (κ2) is 13.4. The van der Waals surface area contributed by atoms with Gasteiger partial charge in [0.1, 0.15) is 5.75 Å². The van der Waals surface area contributed by atoms with Crippen LogP contribution in [0.3, 0.4) is 0 Å². The van der Waals surface area contributed by atoms with E-state index in [4.69, 9.17) is 9.73 Å². The maximum absolute atomic E-state index is 9.30. The van der Waals surface area contributed by atoms with E-state index < -0.39 is 0 Å². The highest BCUT2D eigenvalue weighted by Crippen LogP contribution is 2.26. The Morgan fingerprint density at radius 1 is 1.14 bits per heavy atom. The van der Waals surface area contributed by atoms with Crippen molar-refractivity contribution in [2.24, 2.45) is 10.9 Å². The first-order chi connectivity index (χ1) is 14.2. The molecule has 3 N–H and O–H groups in total. The third kappa shape index (κ3) is 7.86. The highest BCUT2D eigenvalue weighted by Gasteiger charge is 2.23. The summed E-state index contributed by atoms with van der Waals surface area (Å²) in [6.45, 7) is 9.20. The highest BCUT2D eigenvalue weighted by atomic mass is 16.5. The van der Waals surface area contributed by atoms with E-state index in [1.165, 1.54) is 18.4 Å². The summed E-state index contributed by atoms with van der Waals surface area (Å²) in [7, 11) is 1.70. The molecular formula is C23H40N4O2. The van der Waals surface area contributed by atoms with Gasteiger partial charge < -0.3 is 20.5 Å². The Bertz CT molecular complexity index is 579. The van der Waals surface area contributed by atoms with Crippen molar-refractivity contribution in [1.82, 2.24) is 15.5 Å². The number of aliphatic hydroxyl groups excluding tert-OH is 1. The molecule has 0 spiro atoms. The number of methoxy groups -OCH3 is 1. The lowest BCUT2D eigenvalue weighted by Gasteiger charge is -2.29. The molecule has 1 heterocycles. The molecule has 2 unspecified atom stereocenters. The van der Waals surface area contributed by atoms with Crippen molar-refractivity contribution in [3.05, 3.63) is 29.8 Å². The summed E-state index contributed by atoms with van der Waals surface area (Å²) < 4.78 is 5.32. The number of aliphatic imine (C=N–C) groups is 1. The van der Waals surface area contributed by atoms with Gasteiger partial charge in [0.05, 0.1) is 13.2 Å². The van der Waals surface area contributed by atoms with Crippen LogP contribution < -0.4 is 15.4 Å². The Morgan fingerprint density at radius 3 is 2.45 bits per heavy atom. The van der Waals surface area contributed by atoms with Crippen molar-refractivity contribution >= 4 is 5.96 Å². The predicted octanol–water partition coefficient (Wildman–Crippen LogP) is 3.19. The number of nitrogens with one attached hydrogen (secondary N) is 2. The molecule has 0 aromatic heterocycles. The van der Waals surface area contributed by atoms with E-state index in [9.17, 15) is 5.11 Å². The lowest BCUT2D eigenvalue weighted by Crippen LogP contribution is -2.43. The Kier molecular flexibility index (Phi) is 10.9. The third-order valence-electron chi connectivity index (χ3n) is 5.63. The van der Waals surface area contributed by atoms with Gasteiger partial charge in [-0.05, 0) is 69.3 Å². The topological polar surface area (TPSA) is 69.1 Å². The van der Waals surface area contributed by atoms with Crippen molar-refractivity contribution in [2.45, 2.75) is 52.0 Å². The molecule has 29 heavy (non-hydrogen) atoms. The summed E-state index contributed by atoms with van der Waals surface area (Å²) in [5, 5.41) is 16.2. The summed E-state index contributed by atoms with van der Waals surface area (Å²) >= 11 is 0. The molecule has 1 aromatic carbocycles. The second-order valence-corrected chi connectivity index (χ2v) is 7.80. The number of ether oxygens (including phenoxy) is 1. The molecule has 1 aliphatic rings. The zero-order valence-corrected chi connectivity index (χ0v) is 18.5. The number of benzene rings is 1. The Labute approximate surface area is 176 Å². The van der Waals surface area contributed by atoms with Gasteiger partial charge in [0.15, 0.2) is 5.96 Å². The predicted molar refractivity (Wildman–Crippen MR) is 121 cm³/mol. The van der Waals surface area contributed by atoms with Crippen LogP contribution in [0.1, 0.15) is 57.6 Å². The highest BCUT2D eigenvalue weighted by molar-refractivity contribution is 5.79. The fourth-order valence-corrected chi connectivity index (χ4v) is 4.01. The average molecular weight is 405 g/mol. The maximum atomic E-state index is 9.30. The quantitative estimate of drug-likeness (QED) is 0.369. The van der Waals surface area contributed by atoms with Gasteiger partial charge in [-0.1, -0.05) is 25.5 Å². The van der Waals surface area contributed by atoms with E-state index >= 15 is 0 Å². The Hall–Kier alpha value is -1.79. The van der Waals surface area contributed by atoms with Gasteiger partial charge >= 0.3 is 0 Å². The van der Waals surface area contributed by atoms with Crippen molar-refractivity contribution in [2.75, 3.05) is 46.4 Å². The molecule has 1 saturated heterocycles. The Morgan fingerprint density at radius 2 is 1.86 bits per heavy atom. The molecule has 0 radical (unpaired) electrons. The van der Waals surface area contributed by atoms with Crippen LogP contribution in [0, 0.1) is 5.92 Å². The molecule has 164 valence electrons. The van der Waals surface area contributed by atoms with Crippen molar-refractivity contribution in [3.8, 4) is 5.75 Å². The zero-order valence-electron chi connectivity index (χ0n) is 18.5. The van der Waals surface area contributed by atoms with Gasteiger partial charge in [-0.2, -0.15) is 0 Å². The molecule has 6 heteroatoms. The number of rotatable bonds is 12. The number of hydrogen-bond donors (Lipinski definition) is 3. The van der Waals surface area contributed by atoms with Gasteiger partial charge in [0.2, 0.25) is 0 Å². The lowest BCUT2D eigenvalue weighted by molar-refractivity contribution is 0.245. The van der Waals surface area contributed by atoms with Gasteiger partial charge in [0, 0.05) is 26.2 Å². The minimum atomic E-state index is 0.235. The fraction of sp³-hybridized carbons (Fsp3) is 0.696. The van der Waals surface area contributed by atoms with Gasteiger partial charge in [-0.3, -0.25) is 9.89 Å². The number of hydrogen-bond acceptors (Lipinski definition) is 4. The van der Waals surface area contributed by atoms with Crippen LogP contribution >= 0.6 is 0 Å². The monoisotopic (exact) mass is 404 g/mol. The second-order valence-electron chi connectivity index (χ2n) is 7.80. The lowest BCUT2D eigenvalue weighted by atomic mass is 10.0. The van der Waals surface area contributed by atoms with E-state index in [0.29, 0.717) is 12.0 Å². The van der Waals surface area contributed by atoms with E-state index in [-0.39, 0.29) is 6.61 Å². The smallest absolute Gasteiger partial charge is 0.191 e. The number of aliphatic hydroxyl groups is 1. The molecular weight excluding hydrogens is 364 g/mol. The van der Waals surface area contributed by atoms with Crippen LogP contribution in [0.2, 0.25) is 0 Å². The molecule has 1 aromatic rings. The Balaban J connectivity index is 2.05. The minimum absolute atomic E-state index is 0.235. The number of guanidine groups is 1. The van der Waals surface area contributed by atoms with E-state index in [1.54, 1.807) is 7.11 Å². The molecule has 6 nitrogen and oxygen atoms in total. The first-order valence-corrected chi connectivity index (χ1v) is 11.2. The van der Waals surface area contributed by atoms with Crippen LogP contribution in [0.4, 0.5) is 0 Å². The summed E-state index contributed by atoms with van der Waals surface area (Å²) in [5.41, 5.74) is 1.31. The van der Waals surface area contributed by atoms with Gasteiger partial charge in [-0.15, -0.1) is 0 Å². The summed E-state index contributed by atoms with van der Waals surface area (Å²) in [5.74, 6) is 2.20. The van der Waals surface area contributed by atoms with E-state index in [2.05, 4.69) is 41.5 Å². The first kappa shape index (κ1) is 23.5. The summed E-state index contributed by atoms with van der Waals surface area (Å²) in [6.07, 6.45) is 5.57. The normalized spacial score (nSPS) is 17.2. The average Bonchev–Trinajstić information content (AvgIpc) is 3.27. The minimum Gasteiger partial charge on any atom is -0.497 e. The molecule has 1 fully saturated rings. The van der Waals surface area contributed by atoms with Gasteiger partial charge in [0.25, 0.3) is 0 Å².